The van der Waals surface area contributed by atoms with Crippen molar-refractivity contribution in [1.82, 2.24) is 5.32 Å². The highest BCUT2D eigenvalue weighted by molar-refractivity contribution is 6.33. The summed E-state index contributed by atoms with van der Waals surface area (Å²) in [4.78, 5) is 0. The SMILES string of the molecule is CCNC(c1cc2c(C)c(Cl)c(C)cc2o1)C1CC1. The molecule has 1 aliphatic rings. The second-order valence-corrected chi connectivity index (χ2v) is 5.94. The van der Waals surface area contributed by atoms with Crippen molar-refractivity contribution in [2.45, 2.75) is 39.7 Å². The molecule has 1 unspecified atom stereocenters. The highest BCUT2D eigenvalue weighted by atomic mass is 35.5. The third-order valence-corrected chi connectivity index (χ3v) is 4.61. The van der Waals surface area contributed by atoms with Crippen LogP contribution in [0.3, 0.4) is 0 Å². The number of hydrogen-bond donors (Lipinski definition) is 1. The fourth-order valence-electron chi connectivity index (χ4n) is 2.80. The summed E-state index contributed by atoms with van der Waals surface area (Å²) in [5.41, 5.74) is 3.16. The molecule has 0 saturated heterocycles. The van der Waals surface area contributed by atoms with Crippen molar-refractivity contribution in [3.05, 3.63) is 34.0 Å². The predicted octanol–water partition coefficient (Wildman–Crippen LogP) is 4.76. The monoisotopic (exact) mass is 277 g/mol. The molecule has 3 heteroatoms. The van der Waals surface area contributed by atoms with Gasteiger partial charge in [0.05, 0.1) is 6.04 Å². The van der Waals surface area contributed by atoms with Gasteiger partial charge in [-0.25, -0.2) is 0 Å². The first-order valence-corrected chi connectivity index (χ1v) is 7.42. The Kier molecular flexibility index (Phi) is 3.32. The van der Waals surface area contributed by atoms with Crippen LogP contribution in [0.5, 0.6) is 0 Å². The molecular weight excluding hydrogens is 258 g/mol. The average Bonchev–Trinajstić information content (AvgIpc) is 3.14. The van der Waals surface area contributed by atoms with E-state index in [0.717, 1.165) is 45.3 Å². The lowest BCUT2D eigenvalue weighted by Gasteiger charge is -2.13. The molecule has 2 nitrogen and oxygen atoms in total. The largest absolute Gasteiger partial charge is 0.459 e. The van der Waals surface area contributed by atoms with E-state index in [1.165, 1.54) is 12.8 Å². The Morgan fingerprint density at radius 1 is 1.37 bits per heavy atom. The van der Waals surface area contributed by atoms with E-state index in [4.69, 9.17) is 16.0 Å². The fourth-order valence-corrected chi connectivity index (χ4v) is 2.96. The van der Waals surface area contributed by atoms with Crippen LogP contribution in [0.15, 0.2) is 16.5 Å². The second kappa shape index (κ2) is 4.84. The lowest BCUT2D eigenvalue weighted by molar-refractivity contribution is 0.403. The minimum absolute atomic E-state index is 0.357. The van der Waals surface area contributed by atoms with Gasteiger partial charge in [0, 0.05) is 10.4 Å². The third-order valence-electron chi connectivity index (χ3n) is 4.03. The number of halogens is 1. The van der Waals surface area contributed by atoms with Crippen LogP contribution in [-0.4, -0.2) is 6.54 Å². The molecule has 2 aromatic rings. The second-order valence-electron chi connectivity index (χ2n) is 5.57. The maximum absolute atomic E-state index is 6.32. The van der Waals surface area contributed by atoms with Gasteiger partial charge < -0.3 is 9.73 Å². The van der Waals surface area contributed by atoms with Crippen LogP contribution >= 0.6 is 11.6 Å². The Morgan fingerprint density at radius 2 is 2.11 bits per heavy atom. The van der Waals surface area contributed by atoms with E-state index < -0.39 is 0 Å². The van der Waals surface area contributed by atoms with Crippen LogP contribution in [0.25, 0.3) is 11.0 Å². The van der Waals surface area contributed by atoms with Crippen molar-refractivity contribution < 1.29 is 4.42 Å². The minimum Gasteiger partial charge on any atom is -0.459 e. The van der Waals surface area contributed by atoms with E-state index in [0.29, 0.717) is 6.04 Å². The van der Waals surface area contributed by atoms with E-state index in [2.05, 4.69) is 25.2 Å². The summed E-state index contributed by atoms with van der Waals surface area (Å²) >= 11 is 6.32. The first-order valence-electron chi connectivity index (χ1n) is 7.04. The maximum atomic E-state index is 6.32. The summed E-state index contributed by atoms with van der Waals surface area (Å²) in [6.45, 7) is 7.21. The zero-order valence-electron chi connectivity index (χ0n) is 11.7. The Bertz CT molecular complexity index is 613. The van der Waals surface area contributed by atoms with Crippen molar-refractivity contribution in [1.29, 1.82) is 0 Å². The molecule has 0 bridgehead atoms. The maximum Gasteiger partial charge on any atom is 0.135 e. The summed E-state index contributed by atoms with van der Waals surface area (Å²) in [5, 5.41) is 5.54. The lowest BCUT2D eigenvalue weighted by atomic mass is 10.1. The van der Waals surface area contributed by atoms with Crippen molar-refractivity contribution >= 4 is 22.6 Å². The Labute approximate surface area is 119 Å². The van der Waals surface area contributed by atoms with Crippen molar-refractivity contribution in [3.8, 4) is 0 Å². The molecule has 1 aliphatic carbocycles. The van der Waals surface area contributed by atoms with E-state index >= 15 is 0 Å². The first-order chi connectivity index (χ1) is 9.11. The molecule has 102 valence electrons. The third kappa shape index (κ3) is 2.28. The molecule has 0 amide bonds. The topological polar surface area (TPSA) is 25.2 Å². The van der Waals surface area contributed by atoms with Crippen LogP contribution in [-0.2, 0) is 0 Å². The number of nitrogens with one attached hydrogen (secondary N) is 1. The highest BCUT2D eigenvalue weighted by Gasteiger charge is 2.34. The molecule has 1 aromatic carbocycles. The van der Waals surface area contributed by atoms with Gasteiger partial charge in [-0.15, -0.1) is 0 Å². The Hall–Kier alpha value is -0.990. The van der Waals surface area contributed by atoms with Crippen LogP contribution in [0.1, 0.15) is 42.7 Å². The van der Waals surface area contributed by atoms with Crippen molar-refractivity contribution in [2.24, 2.45) is 5.92 Å². The quantitative estimate of drug-likeness (QED) is 0.871. The highest BCUT2D eigenvalue weighted by Crippen LogP contribution is 2.43. The standard InChI is InChI=1S/C16H20ClNO/c1-4-18-16(11-5-6-11)14-8-12-10(3)15(17)9(2)7-13(12)19-14/h7-8,11,16,18H,4-6H2,1-3H3. The van der Waals surface area contributed by atoms with Gasteiger partial charge in [-0.3, -0.25) is 0 Å². The molecule has 0 spiro atoms. The van der Waals surface area contributed by atoms with Gasteiger partial charge in [0.25, 0.3) is 0 Å². The smallest absolute Gasteiger partial charge is 0.135 e. The van der Waals surface area contributed by atoms with Gasteiger partial charge in [0.15, 0.2) is 0 Å². The Morgan fingerprint density at radius 3 is 2.74 bits per heavy atom. The van der Waals surface area contributed by atoms with E-state index in [1.807, 2.05) is 13.0 Å². The minimum atomic E-state index is 0.357. The van der Waals surface area contributed by atoms with Crippen LogP contribution < -0.4 is 5.32 Å². The van der Waals surface area contributed by atoms with E-state index in [9.17, 15) is 0 Å². The van der Waals surface area contributed by atoms with E-state index in [-0.39, 0.29) is 0 Å². The zero-order chi connectivity index (χ0) is 13.6. The number of rotatable bonds is 4. The van der Waals surface area contributed by atoms with Gasteiger partial charge in [0.2, 0.25) is 0 Å². The van der Waals surface area contributed by atoms with Crippen molar-refractivity contribution in [2.75, 3.05) is 6.54 Å². The summed E-state index contributed by atoms with van der Waals surface area (Å²) in [6.07, 6.45) is 2.60. The summed E-state index contributed by atoms with van der Waals surface area (Å²) in [7, 11) is 0. The summed E-state index contributed by atoms with van der Waals surface area (Å²) in [5.74, 6) is 1.79. The summed E-state index contributed by atoms with van der Waals surface area (Å²) in [6, 6.07) is 4.57. The van der Waals surface area contributed by atoms with Crippen LogP contribution in [0.2, 0.25) is 5.02 Å². The van der Waals surface area contributed by atoms with Gasteiger partial charge in [0.1, 0.15) is 11.3 Å². The van der Waals surface area contributed by atoms with Gasteiger partial charge in [-0.05, 0) is 62.4 Å². The molecule has 19 heavy (non-hydrogen) atoms. The van der Waals surface area contributed by atoms with Gasteiger partial charge >= 0.3 is 0 Å². The Balaban J connectivity index is 2.07. The summed E-state index contributed by atoms with van der Waals surface area (Å²) < 4.78 is 6.08. The molecule has 1 aromatic heterocycles. The molecule has 1 atom stereocenters. The van der Waals surface area contributed by atoms with Gasteiger partial charge in [-0.1, -0.05) is 18.5 Å². The molecular formula is C16H20ClNO. The predicted molar refractivity (Wildman–Crippen MR) is 79.8 cm³/mol. The average molecular weight is 278 g/mol. The first kappa shape index (κ1) is 13.0. The van der Waals surface area contributed by atoms with Gasteiger partial charge in [-0.2, -0.15) is 0 Å². The molecule has 1 heterocycles. The number of fused-ring (bicyclic) bond motifs is 1. The molecule has 0 aliphatic heterocycles. The molecule has 1 N–H and O–H groups in total. The lowest BCUT2D eigenvalue weighted by Crippen LogP contribution is -2.21. The normalized spacial score (nSPS) is 17.1. The molecule has 3 rings (SSSR count). The fraction of sp³-hybridized carbons (Fsp3) is 0.500. The zero-order valence-corrected chi connectivity index (χ0v) is 12.5. The van der Waals surface area contributed by atoms with Crippen LogP contribution in [0.4, 0.5) is 0 Å². The van der Waals surface area contributed by atoms with Crippen LogP contribution in [0, 0.1) is 19.8 Å². The van der Waals surface area contributed by atoms with E-state index in [1.54, 1.807) is 0 Å². The molecule has 0 radical (unpaired) electrons. The number of aryl methyl sites for hydroxylation is 2. The van der Waals surface area contributed by atoms with Crippen molar-refractivity contribution in [3.63, 3.8) is 0 Å². The molecule has 1 fully saturated rings. The molecule has 1 saturated carbocycles. The number of hydrogen-bond acceptors (Lipinski definition) is 2. The number of benzene rings is 1. The number of furan rings is 1.